The van der Waals surface area contributed by atoms with Gasteiger partial charge < -0.3 is 9.47 Å². The summed E-state index contributed by atoms with van der Waals surface area (Å²) in [5, 5.41) is 0. The molecule has 4 nitrogen and oxygen atoms in total. The molecule has 0 bridgehead atoms. The second-order valence-electron chi connectivity index (χ2n) is 4.19. The first-order valence-electron chi connectivity index (χ1n) is 5.89. The average Bonchev–Trinajstić information content (AvgIpc) is 2.35. The highest BCUT2D eigenvalue weighted by Gasteiger charge is 2.09. The van der Waals surface area contributed by atoms with Gasteiger partial charge in [-0.1, -0.05) is 0 Å². The van der Waals surface area contributed by atoms with Gasteiger partial charge in [-0.25, -0.2) is 0 Å². The van der Waals surface area contributed by atoms with Crippen molar-refractivity contribution in [1.82, 2.24) is 0 Å². The molecule has 98 valence electrons. The predicted molar refractivity (Wildman–Crippen MR) is 67.8 cm³/mol. The molecule has 0 amide bonds. The van der Waals surface area contributed by atoms with E-state index in [0.29, 0.717) is 5.56 Å². The van der Waals surface area contributed by atoms with Crippen LogP contribution in [0.5, 0.6) is 5.75 Å². The lowest BCUT2D eigenvalue weighted by atomic mass is 10.1. The molecule has 0 N–H and O–H groups in total. The number of ether oxygens (including phenoxy) is 2. The van der Waals surface area contributed by atoms with Crippen LogP contribution in [0.25, 0.3) is 0 Å². The van der Waals surface area contributed by atoms with Crippen LogP contribution < -0.4 is 4.74 Å². The lowest BCUT2D eigenvalue weighted by Crippen LogP contribution is -2.07. The van der Waals surface area contributed by atoms with Crippen LogP contribution in [0.3, 0.4) is 0 Å². The van der Waals surface area contributed by atoms with Gasteiger partial charge in [-0.05, 0) is 38.1 Å². The Morgan fingerprint density at radius 1 is 1.11 bits per heavy atom. The first kappa shape index (κ1) is 14.2. The van der Waals surface area contributed by atoms with Gasteiger partial charge >= 0.3 is 5.97 Å². The predicted octanol–water partition coefficient (Wildman–Crippen LogP) is 2.61. The van der Waals surface area contributed by atoms with Crippen molar-refractivity contribution in [2.45, 2.75) is 32.8 Å². The van der Waals surface area contributed by atoms with Crippen molar-refractivity contribution in [3.8, 4) is 5.75 Å². The van der Waals surface area contributed by atoms with Crippen LogP contribution in [-0.2, 0) is 9.53 Å². The Morgan fingerprint density at radius 2 is 1.72 bits per heavy atom. The molecule has 1 aromatic carbocycles. The molecule has 0 aliphatic carbocycles. The highest BCUT2D eigenvalue weighted by molar-refractivity contribution is 5.97. The molecule has 0 radical (unpaired) electrons. The number of Topliss-reactive ketones (excluding diaryl/α,β-unsaturated/α-hetero) is 1. The Morgan fingerprint density at radius 3 is 2.22 bits per heavy atom. The van der Waals surface area contributed by atoms with Gasteiger partial charge in [0.2, 0.25) is 0 Å². The van der Waals surface area contributed by atoms with Crippen molar-refractivity contribution < 1.29 is 19.1 Å². The zero-order valence-corrected chi connectivity index (χ0v) is 10.9. The summed E-state index contributed by atoms with van der Waals surface area (Å²) in [5.74, 6) is 0.286. The highest BCUT2D eigenvalue weighted by Crippen LogP contribution is 2.15. The third kappa shape index (κ3) is 4.57. The topological polar surface area (TPSA) is 52.6 Å². The molecule has 0 heterocycles. The summed E-state index contributed by atoms with van der Waals surface area (Å²) in [5.41, 5.74) is 0.579. The lowest BCUT2D eigenvalue weighted by Gasteiger charge is -2.09. The van der Waals surface area contributed by atoms with Crippen LogP contribution in [0.15, 0.2) is 24.3 Å². The molecule has 1 aromatic rings. The fourth-order valence-electron chi connectivity index (χ4n) is 1.45. The Hall–Kier alpha value is -1.84. The number of benzene rings is 1. The third-order valence-corrected chi connectivity index (χ3v) is 2.33. The molecule has 0 aliphatic heterocycles. The number of ketones is 1. The quantitative estimate of drug-likeness (QED) is 0.575. The van der Waals surface area contributed by atoms with Crippen LogP contribution in [0.4, 0.5) is 0 Å². The second kappa shape index (κ2) is 6.79. The van der Waals surface area contributed by atoms with Crippen LogP contribution in [0, 0.1) is 0 Å². The molecule has 0 fully saturated rings. The minimum atomic E-state index is -0.372. The molecule has 0 aromatic heterocycles. The van der Waals surface area contributed by atoms with Gasteiger partial charge in [-0.3, -0.25) is 9.59 Å². The molecule has 1 rings (SSSR count). The fraction of sp³-hybridized carbons (Fsp3) is 0.429. The minimum absolute atomic E-state index is 0.0727. The zero-order valence-electron chi connectivity index (χ0n) is 10.9. The van der Waals surface area contributed by atoms with E-state index in [1.165, 1.54) is 7.11 Å². The summed E-state index contributed by atoms with van der Waals surface area (Å²) in [6.45, 7) is 3.88. The lowest BCUT2D eigenvalue weighted by molar-refractivity contribution is -0.140. The van der Waals surface area contributed by atoms with Gasteiger partial charge in [0.15, 0.2) is 5.78 Å². The number of hydrogen-bond donors (Lipinski definition) is 0. The monoisotopic (exact) mass is 250 g/mol. The summed E-state index contributed by atoms with van der Waals surface area (Å²) >= 11 is 0. The van der Waals surface area contributed by atoms with Crippen LogP contribution >= 0.6 is 0 Å². The second-order valence-corrected chi connectivity index (χ2v) is 4.19. The highest BCUT2D eigenvalue weighted by atomic mass is 16.5. The van der Waals surface area contributed by atoms with Gasteiger partial charge in [0.25, 0.3) is 0 Å². The summed E-state index contributed by atoms with van der Waals surface area (Å²) in [6, 6.07) is 6.92. The summed E-state index contributed by atoms with van der Waals surface area (Å²) in [7, 11) is 1.31. The van der Waals surface area contributed by atoms with E-state index in [9.17, 15) is 9.59 Å². The van der Waals surface area contributed by atoms with Gasteiger partial charge in [0.05, 0.1) is 19.6 Å². The van der Waals surface area contributed by atoms with Gasteiger partial charge in [-0.2, -0.15) is 0 Å². The number of hydrogen-bond acceptors (Lipinski definition) is 4. The maximum Gasteiger partial charge on any atom is 0.305 e. The Balaban J connectivity index is 2.56. The summed E-state index contributed by atoms with van der Waals surface area (Å²) in [6.07, 6.45) is 0.377. The van der Waals surface area contributed by atoms with Gasteiger partial charge in [0.1, 0.15) is 5.75 Å². The molecule has 18 heavy (non-hydrogen) atoms. The molecule has 4 heteroatoms. The van der Waals surface area contributed by atoms with Crippen molar-refractivity contribution in [2.24, 2.45) is 0 Å². The van der Waals surface area contributed by atoms with E-state index in [1.807, 2.05) is 13.8 Å². The minimum Gasteiger partial charge on any atom is -0.491 e. The number of rotatable bonds is 6. The number of methoxy groups -OCH3 is 1. The fourth-order valence-corrected chi connectivity index (χ4v) is 1.45. The van der Waals surface area contributed by atoms with E-state index in [-0.39, 0.29) is 30.7 Å². The van der Waals surface area contributed by atoms with Crippen LogP contribution in [0.1, 0.15) is 37.0 Å². The van der Waals surface area contributed by atoms with Crippen molar-refractivity contribution in [3.63, 3.8) is 0 Å². The molecule has 0 saturated carbocycles. The zero-order chi connectivity index (χ0) is 13.5. The maximum atomic E-state index is 11.7. The SMILES string of the molecule is COC(=O)CCC(=O)c1ccc(OC(C)C)cc1. The van der Waals surface area contributed by atoms with Crippen molar-refractivity contribution in [3.05, 3.63) is 29.8 Å². The van der Waals surface area contributed by atoms with Crippen LogP contribution in [0.2, 0.25) is 0 Å². The molecule has 0 unspecified atom stereocenters. The van der Waals surface area contributed by atoms with Crippen molar-refractivity contribution >= 4 is 11.8 Å². The number of carbonyl (C=O) groups excluding carboxylic acids is 2. The first-order chi connectivity index (χ1) is 8.52. The van der Waals surface area contributed by atoms with Crippen molar-refractivity contribution in [2.75, 3.05) is 7.11 Å². The third-order valence-electron chi connectivity index (χ3n) is 2.33. The number of carbonyl (C=O) groups is 2. The Bertz CT molecular complexity index is 406. The molecular weight excluding hydrogens is 232 g/mol. The van der Waals surface area contributed by atoms with Gasteiger partial charge in [0, 0.05) is 12.0 Å². The molecule has 0 aliphatic rings. The smallest absolute Gasteiger partial charge is 0.305 e. The molecule has 0 spiro atoms. The van der Waals surface area contributed by atoms with Gasteiger partial charge in [-0.15, -0.1) is 0 Å². The average molecular weight is 250 g/mol. The molecule has 0 saturated heterocycles. The van der Waals surface area contributed by atoms with Crippen molar-refractivity contribution in [1.29, 1.82) is 0 Å². The Labute approximate surface area is 107 Å². The number of esters is 1. The van der Waals surface area contributed by atoms with E-state index in [0.717, 1.165) is 5.75 Å². The largest absolute Gasteiger partial charge is 0.491 e. The molecular formula is C14H18O4. The van der Waals surface area contributed by atoms with E-state index in [2.05, 4.69) is 4.74 Å². The maximum absolute atomic E-state index is 11.7. The van der Waals surface area contributed by atoms with Crippen LogP contribution in [-0.4, -0.2) is 25.0 Å². The standard InChI is InChI=1S/C14H18O4/c1-10(2)18-12-6-4-11(5-7-12)13(15)8-9-14(16)17-3/h4-7,10H,8-9H2,1-3H3. The van der Waals surface area contributed by atoms with E-state index < -0.39 is 0 Å². The van der Waals surface area contributed by atoms with E-state index in [4.69, 9.17) is 4.74 Å². The van der Waals surface area contributed by atoms with E-state index >= 15 is 0 Å². The summed E-state index contributed by atoms with van der Waals surface area (Å²) in [4.78, 5) is 22.7. The van der Waals surface area contributed by atoms with E-state index in [1.54, 1.807) is 24.3 Å². The molecule has 0 atom stereocenters. The normalized spacial score (nSPS) is 10.2. The Kier molecular flexibility index (Phi) is 5.36. The summed E-state index contributed by atoms with van der Waals surface area (Å²) < 4.78 is 9.97. The first-order valence-corrected chi connectivity index (χ1v) is 5.89.